The minimum Gasteiger partial charge on any atom is -0.308 e. The summed E-state index contributed by atoms with van der Waals surface area (Å²) in [5, 5.41) is 0.520. The number of fused-ring (bicyclic) bond motifs is 3. The van der Waals surface area contributed by atoms with Crippen LogP contribution in [-0.2, 0) is 16.8 Å². The lowest BCUT2D eigenvalue weighted by atomic mass is 9.97. The second-order valence-corrected chi connectivity index (χ2v) is 7.14. The number of H-pyrrole nitrogens is 1. The minimum atomic E-state index is -0.713. The van der Waals surface area contributed by atoms with Gasteiger partial charge in [0, 0.05) is 5.56 Å². The second-order valence-electron chi connectivity index (χ2n) is 7.14. The average Bonchev–Trinajstić information content (AvgIpc) is 3.37. The van der Waals surface area contributed by atoms with Crippen LogP contribution in [0.15, 0.2) is 41.2 Å². The van der Waals surface area contributed by atoms with Crippen LogP contribution in [-0.4, -0.2) is 15.9 Å². The molecule has 3 aromatic rings. The molecule has 0 radical (unpaired) electrons. The maximum Gasteiger partial charge on any atom is 0.258 e. The maximum absolute atomic E-state index is 14.4. The van der Waals surface area contributed by atoms with E-state index in [-0.39, 0.29) is 23.8 Å². The largest absolute Gasteiger partial charge is 0.308 e. The number of hydrogen-bond acceptors (Lipinski definition) is 3. The zero-order valence-corrected chi connectivity index (χ0v) is 14.2. The molecule has 0 bridgehead atoms. The molecule has 5 nitrogen and oxygen atoms in total. The van der Waals surface area contributed by atoms with E-state index >= 15 is 0 Å². The summed E-state index contributed by atoms with van der Waals surface area (Å²) in [5.74, 6) is -0.0526. The fraction of sp³-hybridized carbons (Fsp3) is 0.250. The Bertz CT molecular complexity index is 1150. The standard InChI is InChI=1S/C20H16FN3O2/c1-11-5-6-14-12(9-11)18(25)23-16(22-14)10-24-15-4-2-3-13(21)17(15)20(7-8-20)19(24)26/h2-6,9H,7-8,10H2,1H3,(H,22,23,25). The Morgan fingerprint density at radius 1 is 1.23 bits per heavy atom. The van der Waals surface area contributed by atoms with Crippen molar-refractivity contribution in [2.45, 2.75) is 31.7 Å². The van der Waals surface area contributed by atoms with Crippen molar-refractivity contribution in [1.82, 2.24) is 9.97 Å². The molecule has 6 heteroatoms. The molecule has 1 saturated carbocycles. The Morgan fingerprint density at radius 2 is 2.04 bits per heavy atom. The topological polar surface area (TPSA) is 66.1 Å². The molecule has 2 aromatic carbocycles. The SMILES string of the molecule is Cc1ccc2nc(CN3C(=O)C4(CC4)c4c(F)cccc43)[nH]c(=O)c2c1. The Hall–Kier alpha value is -3.02. The number of aromatic amines is 1. The summed E-state index contributed by atoms with van der Waals surface area (Å²) in [7, 11) is 0. The van der Waals surface area contributed by atoms with E-state index in [2.05, 4.69) is 9.97 Å². The normalized spacial score (nSPS) is 17.2. The van der Waals surface area contributed by atoms with Crippen molar-refractivity contribution in [2.75, 3.05) is 4.90 Å². The van der Waals surface area contributed by atoms with Crippen molar-refractivity contribution in [1.29, 1.82) is 0 Å². The third-order valence-electron chi connectivity index (χ3n) is 5.38. The highest BCUT2D eigenvalue weighted by atomic mass is 19.1. The van der Waals surface area contributed by atoms with Crippen molar-refractivity contribution >= 4 is 22.5 Å². The number of benzene rings is 2. The molecule has 0 atom stereocenters. The van der Waals surface area contributed by atoms with Crippen LogP contribution >= 0.6 is 0 Å². The molecule has 130 valence electrons. The summed E-state index contributed by atoms with van der Waals surface area (Å²) in [4.78, 5) is 34.1. The predicted molar refractivity (Wildman–Crippen MR) is 95.6 cm³/mol. The Morgan fingerprint density at radius 3 is 2.81 bits per heavy atom. The van der Waals surface area contributed by atoms with Gasteiger partial charge >= 0.3 is 0 Å². The number of aromatic nitrogens is 2. The van der Waals surface area contributed by atoms with Crippen molar-refractivity contribution < 1.29 is 9.18 Å². The summed E-state index contributed by atoms with van der Waals surface area (Å²) < 4.78 is 14.4. The van der Waals surface area contributed by atoms with Gasteiger partial charge in [0.1, 0.15) is 11.6 Å². The molecule has 1 spiro atoms. The van der Waals surface area contributed by atoms with Crippen molar-refractivity contribution in [2.24, 2.45) is 0 Å². The monoisotopic (exact) mass is 349 g/mol. The Labute approximate surface area is 148 Å². The molecule has 1 amide bonds. The first kappa shape index (κ1) is 15.3. The highest BCUT2D eigenvalue weighted by Crippen LogP contribution is 2.58. The van der Waals surface area contributed by atoms with E-state index in [0.717, 1.165) is 5.56 Å². The number of halogens is 1. The second kappa shape index (κ2) is 5.00. The predicted octanol–water partition coefficient (Wildman–Crippen LogP) is 2.95. The van der Waals surface area contributed by atoms with E-state index in [9.17, 15) is 14.0 Å². The van der Waals surface area contributed by atoms with Crippen molar-refractivity contribution in [3.05, 3.63) is 69.5 Å². The zero-order chi connectivity index (χ0) is 18.1. The number of anilines is 1. The molecule has 1 aliphatic carbocycles. The lowest BCUT2D eigenvalue weighted by molar-refractivity contribution is -0.120. The van der Waals surface area contributed by atoms with E-state index in [0.29, 0.717) is 40.8 Å². The van der Waals surface area contributed by atoms with Crippen LogP contribution in [0.2, 0.25) is 0 Å². The Balaban J connectivity index is 1.60. The fourth-order valence-corrected chi connectivity index (χ4v) is 3.96. The molecule has 26 heavy (non-hydrogen) atoms. The molecule has 2 heterocycles. The fourth-order valence-electron chi connectivity index (χ4n) is 3.96. The average molecular weight is 349 g/mol. The molecule has 0 unspecified atom stereocenters. The number of aryl methyl sites for hydroxylation is 1. The number of nitrogens with one attached hydrogen (secondary N) is 1. The first-order chi connectivity index (χ1) is 12.5. The highest BCUT2D eigenvalue weighted by Gasteiger charge is 2.60. The van der Waals surface area contributed by atoms with E-state index in [1.165, 1.54) is 6.07 Å². The zero-order valence-electron chi connectivity index (χ0n) is 14.2. The number of rotatable bonds is 2. The smallest absolute Gasteiger partial charge is 0.258 e. The van der Waals surface area contributed by atoms with Gasteiger partial charge in [-0.3, -0.25) is 9.59 Å². The van der Waals surface area contributed by atoms with Crippen LogP contribution < -0.4 is 10.5 Å². The molecule has 1 fully saturated rings. The maximum atomic E-state index is 14.4. The van der Waals surface area contributed by atoms with Crippen LogP contribution in [0.4, 0.5) is 10.1 Å². The van der Waals surface area contributed by atoms with Crippen LogP contribution in [0.1, 0.15) is 29.8 Å². The van der Waals surface area contributed by atoms with Gasteiger partial charge in [-0.2, -0.15) is 0 Å². The lowest BCUT2D eigenvalue weighted by Gasteiger charge is -2.17. The van der Waals surface area contributed by atoms with Crippen molar-refractivity contribution in [3.8, 4) is 0 Å². The third kappa shape index (κ3) is 1.98. The van der Waals surface area contributed by atoms with Crippen LogP contribution in [0.5, 0.6) is 0 Å². The van der Waals surface area contributed by atoms with Gasteiger partial charge in [0.25, 0.3) is 5.56 Å². The molecule has 1 aliphatic heterocycles. The molecular weight excluding hydrogens is 333 g/mol. The van der Waals surface area contributed by atoms with Gasteiger partial charge in [0.05, 0.1) is 28.6 Å². The van der Waals surface area contributed by atoms with E-state index in [4.69, 9.17) is 0 Å². The van der Waals surface area contributed by atoms with Gasteiger partial charge in [0.15, 0.2) is 0 Å². The van der Waals surface area contributed by atoms with Crippen LogP contribution in [0.3, 0.4) is 0 Å². The first-order valence-corrected chi connectivity index (χ1v) is 8.60. The third-order valence-corrected chi connectivity index (χ3v) is 5.38. The van der Waals surface area contributed by atoms with Gasteiger partial charge in [-0.25, -0.2) is 9.37 Å². The van der Waals surface area contributed by atoms with E-state index in [1.807, 2.05) is 13.0 Å². The van der Waals surface area contributed by atoms with Crippen LogP contribution in [0, 0.1) is 12.7 Å². The van der Waals surface area contributed by atoms with Gasteiger partial charge in [-0.15, -0.1) is 0 Å². The number of nitrogens with zero attached hydrogens (tertiary/aromatic N) is 2. The minimum absolute atomic E-state index is 0.107. The van der Waals surface area contributed by atoms with Gasteiger partial charge in [-0.1, -0.05) is 17.7 Å². The number of carbonyl (C=O) groups excluding carboxylic acids is 1. The summed E-state index contributed by atoms with van der Waals surface area (Å²) in [6.45, 7) is 2.03. The highest BCUT2D eigenvalue weighted by molar-refractivity contribution is 6.10. The van der Waals surface area contributed by atoms with Crippen molar-refractivity contribution in [3.63, 3.8) is 0 Å². The summed E-state index contributed by atoms with van der Waals surface area (Å²) in [5.41, 5.74) is 1.69. The van der Waals surface area contributed by atoms with Gasteiger partial charge in [0.2, 0.25) is 5.91 Å². The van der Waals surface area contributed by atoms with E-state index in [1.54, 1.807) is 29.2 Å². The first-order valence-electron chi connectivity index (χ1n) is 8.60. The van der Waals surface area contributed by atoms with Gasteiger partial charge in [-0.05, 0) is 44.0 Å². The summed E-state index contributed by atoms with van der Waals surface area (Å²) >= 11 is 0. The molecule has 5 rings (SSSR count). The lowest BCUT2D eigenvalue weighted by Crippen LogP contribution is -2.33. The van der Waals surface area contributed by atoms with Crippen LogP contribution in [0.25, 0.3) is 10.9 Å². The number of hydrogen-bond donors (Lipinski definition) is 1. The summed E-state index contributed by atoms with van der Waals surface area (Å²) in [6.07, 6.45) is 1.33. The van der Waals surface area contributed by atoms with E-state index < -0.39 is 5.41 Å². The molecule has 2 aliphatic rings. The molecule has 1 N–H and O–H groups in total. The Kier molecular flexibility index (Phi) is 2.93. The molecular formula is C20H16FN3O2. The molecule has 0 saturated heterocycles. The number of carbonyl (C=O) groups is 1. The number of amides is 1. The molecule has 1 aromatic heterocycles. The summed E-state index contributed by atoms with van der Waals surface area (Å²) in [6, 6.07) is 10.2. The quantitative estimate of drug-likeness (QED) is 0.773. The van der Waals surface area contributed by atoms with Gasteiger partial charge < -0.3 is 9.88 Å².